The minimum atomic E-state index is -1.36. The summed E-state index contributed by atoms with van der Waals surface area (Å²) in [6, 6.07) is 3.60. The summed E-state index contributed by atoms with van der Waals surface area (Å²) in [5.41, 5.74) is 4.43. The Kier molecular flexibility index (Phi) is 4.30. The zero-order valence-electron chi connectivity index (χ0n) is 9.74. The van der Waals surface area contributed by atoms with Gasteiger partial charge in [0.05, 0.1) is 0 Å². The third-order valence-corrected chi connectivity index (χ3v) is 2.19. The fourth-order valence-corrected chi connectivity index (χ4v) is 1.46. The Hall–Kier alpha value is -2.77. The molecule has 8 heteroatoms. The summed E-state index contributed by atoms with van der Waals surface area (Å²) in [4.78, 5) is 34.0. The number of carbonyl (C=O) groups excluding carboxylic acids is 2. The normalized spacial score (nSPS) is 9.89. The van der Waals surface area contributed by atoms with Gasteiger partial charge < -0.3 is 26.0 Å². The lowest BCUT2D eigenvalue weighted by Gasteiger charge is -2.19. The molecule has 0 bridgehead atoms. The summed E-state index contributed by atoms with van der Waals surface area (Å²) >= 11 is 0. The van der Waals surface area contributed by atoms with Crippen molar-refractivity contribution in [1.29, 1.82) is 0 Å². The molecule has 0 aliphatic carbocycles. The largest absolute Gasteiger partial charge is 0.507 e. The van der Waals surface area contributed by atoms with E-state index in [4.69, 9.17) is 10.8 Å². The molecule has 0 aliphatic heterocycles. The molecule has 0 spiro atoms. The van der Waals surface area contributed by atoms with Crippen molar-refractivity contribution in [2.75, 3.05) is 13.1 Å². The van der Waals surface area contributed by atoms with Gasteiger partial charge in [-0.2, -0.15) is 0 Å². The first-order valence-electron chi connectivity index (χ1n) is 5.13. The van der Waals surface area contributed by atoms with E-state index in [1.807, 2.05) is 0 Å². The molecule has 0 saturated heterocycles. The van der Waals surface area contributed by atoms with Crippen molar-refractivity contribution in [1.82, 2.24) is 4.90 Å². The van der Waals surface area contributed by atoms with Crippen LogP contribution in [0.25, 0.3) is 0 Å². The number of carbonyl (C=O) groups is 3. The Morgan fingerprint density at radius 1 is 1.11 bits per heavy atom. The topological polar surface area (TPSA) is 141 Å². The summed E-state index contributed by atoms with van der Waals surface area (Å²) in [6.45, 7) is -1.42. The molecule has 0 radical (unpaired) electrons. The van der Waals surface area contributed by atoms with Crippen LogP contribution >= 0.6 is 0 Å². The van der Waals surface area contributed by atoms with Crippen LogP contribution in [-0.4, -0.2) is 51.1 Å². The highest BCUT2D eigenvalue weighted by molar-refractivity contribution is 6.02. The molecule has 0 heterocycles. The van der Waals surface area contributed by atoms with E-state index in [2.05, 4.69) is 0 Å². The van der Waals surface area contributed by atoms with Gasteiger partial charge in [0.25, 0.3) is 5.91 Å². The Labute approximate surface area is 107 Å². The summed E-state index contributed by atoms with van der Waals surface area (Å²) in [6.07, 6.45) is 0. The predicted octanol–water partition coefficient (Wildman–Crippen LogP) is -0.890. The van der Waals surface area contributed by atoms with Crippen molar-refractivity contribution in [2.45, 2.75) is 0 Å². The number of nitrogens with zero attached hydrogens (tertiary/aromatic N) is 1. The van der Waals surface area contributed by atoms with Gasteiger partial charge in [-0.3, -0.25) is 14.4 Å². The second-order valence-corrected chi connectivity index (χ2v) is 3.69. The van der Waals surface area contributed by atoms with Crippen LogP contribution in [0.1, 0.15) is 10.4 Å². The van der Waals surface area contributed by atoms with Gasteiger partial charge in [-0.1, -0.05) is 6.07 Å². The number of carboxylic acid groups (broad SMARTS) is 1. The van der Waals surface area contributed by atoms with Crippen molar-refractivity contribution in [3.63, 3.8) is 0 Å². The van der Waals surface area contributed by atoms with Crippen molar-refractivity contribution in [2.24, 2.45) is 5.73 Å². The molecule has 1 rings (SSSR count). The number of phenolic OH excluding ortho intramolecular Hbond substituents is 2. The lowest BCUT2D eigenvalue weighted by molar-refractivity contribution is -0.138. The molecule has 102 valence electrons. The van der Waals surface area contributed by atoms with Crippen LogP contribution in [-0.2, 0) is 9.59 Å². The third kappa shape index (κ3) is 3.60. The number of hydrogen-bond donors (Lipinski definition) is 4. The van der Waals surface area contributed by atoms with E-state index < -0.39 is 47.9 Å². The van der Waals surface area contributed by atoms with E-state index in [9.17, 15) is 24.6 Å². The van der Waals surface area contributed by atoms with Crippen LogP contribution < -0.4 is 5.73 Å². The number of hydrogen-bond acceptors (Lipinski definition) is 5. The number of nitrogens with two attached hydrogens (primary N) is 1. The highest BCUT2D eigenvalue weighted by Crippen LogP contribution is 2.27. The SMILES string of the molecule is NC(=O)CN(CC(=O)O)C(=O)c1c(O)cccc1O. The Balaban J connectivity index is 3.11. The fourth-order valence-electron chi connectivity index (χ4n) is 1.46. The number of amides is 2. The first-order chi connectivity index (χ1) is 8.82. The molecule has 0 atom stereocenters. The number of phenols is 2. The molecule has 0 fully saturated rings. The zero-order valence-corrected chi connectivity index (χ0v) is 9.74. The molecule has 1 aromatic carbocycles. The van der Waals surface area contributed by atoms with Crippen LogP contribution in [0, 0.1) is 0 Å². The number of benzene rings is 1. The van der Waals surface area contributed by atoms with E-state index >= 15 is 0 Å². The maximum atomic E-state index is 12.0. The number of carboxylic acids is 1. The number of aliphatic carboxylic acids is 1. The molecular weight excluding hydrogens is 256 g/mol. The van der Waals surface area contributed by atoms with E-state index in [0.717, 1.165) is 12.1 Å². The van der Waals surface area contributed by atoms with Crippen molar-refractivity contribution in [3.8, 4) is 11.5 Å². The van der Waals surface area contributed by atoms with Crippen molar-refractivity contribution >= 4 is 17.8 Å². The minimum absolute atomic E-state index is 0.481. The molecule has 5 N–H and O–H groups in total. The minimum Gasteiger partial charge on any atom is -0.507 e. The highest BCUT2D eigenvalue weighted by atomic mass is 16.4. The zero-order chi connectivity index (χ0) is 14.6. The standard InChI is InChI=1S/C11H12N2O6/c12-8(16)4-13(5-9(17)18)11(19)10-6(14)2-1-3-7(10)15/h1-3,14-15H,4-5H2,(H2,12,16)(H,17,18). The monoisotopic (exact) mass is 268 g/mol. The maximum Gasteiger partial charge on any atom is 0.323 e. The van der Waals surface area contributed by atoms with Gasteiger partial charge in [-0.25, -0.2) is 0 Å². The average Bonchev–Trinajstić information content (AvgIpc) is 2.26. The maximum absolute atomic E-state index is 12.0. The van der Waals surface area contributed by atoms with Crippen LogP contribution in [0.15, 0.2) is 18.2 Å². The molecule has 19 heavy (non-hydrogen) atoms. The van der Waals surface area contributed by atoms with E-state index in [-0.39, 0.29) is 0 Å². The Morgan fingerprint density at radius 3 is 2.05 bits per heavy atom. The number of primary amides is 1. The van der Waals surface area contributed by atoms with Crippen molar-refractivity contribution in [3.05, 3.63) is 23.8 Å². The van der Waals surface area contributed by atoms with E-state index in [1.54, 1.807) is 0 Å². The molecule has 2 amide bonds. The van der Waals surface area contributed by atoms with Gasteiger partial charge >= 0.3 is 5.97 Å². The van der Waals surface area contributed by atoms with Gasteiger partial charge in [0.2, 0.25) is 5.91 Å². The van der Waals surface area contributed by atoms with Crippen LogP contribution in [0.5, 0.6) is 11.5 Å². The molecule has 0 unspecified atom stereocenters. The summed E-state index contributed by atoms with van der Waals surface area (Å²) in [7, 11) is 0. The molecular formula is C11H12N2O6. The van der Waals surface area contributed by atoms with Gasteiger partial charge in [-0.05, 0) is 12.1 Å². The average molecular weight is 268 g/mol. The number of aromatic hydroxyl groups is 2. The molecule has 0 aliphatic rings. The third-order valence-electron chi connectivity index (χ3n) is 2.19. The summed E-state index contributed by atoms with van der Waals surface area (Å²) < 4.78 is 0. The Morgan fingerprint density at radius 2 is 1.63 bits per heavy atom. The molecule has 1 aromatic rings. The molecule has 0 saturated carbocycles. The van der Waals surface area contributed by atoms with E-state index in [1.165, 1.54) is 6.07 Å². The predicted molar refractivity (Wildman–Crippen MR) is 62.5 cm³/mol. The summed E-state index contributed by atoms with van der Waals surface area (Å²) in [5.74, 6) is -4.32. The second-order valence-electron chi connectivity index (χ2n) is 3.69. The van der Waals surface area contributed by atoms with Gasteiger partial charge in [-0.15, -0.1) is 0 Å². The van der Waals surface area contributed by atoms with E-state index in [0.29, 0.717) is 4.90 Å². The van der Waals surface area contributed by atoms with Crippen LogP contribution in [0.3, 0.4) is 0 Å². The Bertz CT molecular complexity index is 492. The molecule has 8 nitrogen and oxygen atoms in total. The first kappa shape index (κ1) is 14.3. The fraction of sp³-hybridized carbons (Fsp3) is 0.182. The first-order valence-corrected chi connectivity index (χ1v) is 5.13. The smallest absolute Gasteiger partial charge is 0.323 e. The highest BCUT2D eigenvalue weighted by Gasteiger charge is 2.25. The lowest BCUT2D eigenvalue weighted by Crippen LogP contribution is -2.41. The summed E-state index contributed by atoms with van der Waals surface area (Å²) in [5, 5.41) is 27.7. The number of rotatable bonds is 5. The van der Waals surface area contributed by atoms with Gasteiger partial charge in [0.1, 0.15) is 30.2 Å². The van der Waals surface area contributed by atoms with Gasteiger partial charge in [0.15, 0.2) is 0 Å². The quantitative estimate of drug-likeness (QED) is 0.545. The van der Waals surface area contributed by atoms with Crippen molar-refractivity contribution < 1.29 is 29.7 Å². The molecule has 0 aromatic heterocycles. The van der Waals surface area contributed by atoms with Crippen LogP contribution in [0.2, 0.25) is 0 Å². The van der Waals surface area contributed by atoms with Gasteiger partial charge in [0, 0.05) is 0 Å². The lowest BCUT2D eigenvalue weighted by atomic mass is 10.1. The van der Waals surface area contributed by atoms with Crippen LogP contribution in [0.4, 0.5) is 0 Å². The second kappa shape index (κ2) is 5.71.